The number of nitrogens with zero attached hydrogens (tertiary/aromatic N) is 1. The fourth-order valence-corrected chi connectivity index (χ4v) is 3.68. The van der Waals surface area contributed by atoms with Gasteiger partial charge in [-0.25, -0.2) is 0 Å². The Kier molecular flexibility index (Phi) is 3.67. The number of nitrogens with two attached hydrogens (primary N) is 1. The molecule has 1 spiro atoms. The normalized spacial score (nSPS) is 22.5. The molecule has 120 valence electrons. The fourth-order valence-electron chi connectivity index (χ4n) is 3.68. The Bertz CT molecular complexity index is 596. The molecule has 3 rings (SSSR count). The van der Waals surface area contributed by atoms with Crippen LogP contribution >= 0.6 is 0 Å². The van der Waals surface area contributed by atoms with E-state index in [1.165, 1.54) is 12.8 Å². The van der Waals surface area contributed by atoms with E-state index in [2.05, 4.69) is 12.2 Å². The van der Waals surface area contributed by atoms with E-state index in [0.717, 1.165) is 25.2 Å². The molecule has 5 nitrogen and oxygen atoms in total. The first-order chi connectivity index (χ1) is 10.5. The van der Waals surface area contributed by atoms with E-state index < -0.39 is 0 Å². The van der Waals surface area contributed by atoms with Crippen molar-refractivity contribution in [2.24, 2.45) is 11.3 Å². The van der Waals surface area contributed by atoms with Gasteiger partial charge < -0.3 is 20.7 Å². The van der Waals surface area contributed by atoms with Crippen molar-refractivity contribution < 1.29 is 9.53 Å². The van der Waals surface area contributed by atoms with Crippen molar-refractivity contribution in [1.82, 2.24) is 4.90 Å². The summed E-state index contributed by atoms with van der Waals surface area (Å²) in [6, 6.07) is 3.51. The Morgan fingerprint density at radius 2 is 2.14 bits per heavy atom. The van der Waals surface area contributed by atoms with Crippen LogP contribution in [-0.4, -0.2) is 38.1 Å². The second-order valence-corrected chi connectivity index (χ2v) is 6.66. The third-order valence-electron chi connectivity index (χ3n) is 5.45. The molecule has 1 unspecified atom stereocenters. The third-order valence-corrected chi connectivity index (χ3v) is 5.45. The van der Waals surface area contributed by atoms with Crippen LogP contribution in [0.1, 0.15) is 36.5 Å². The van der Waals surface area contributed by atoms with Gasteiger partial charge in [0.05, 0.1) is 18.5 Å². The van der Waals surface area contributed by atoms with E-state index in [4.69, 9.17) is 10.5 Å². The Morgan fingerprint density at radius 1 is 1.41 bits per heavy atom. The summed E-state index contributed by atoms with van der Waals surface area (Å²) in [6.07, 6.45) is 3.78. The molecule has 1 aromatic carbocycles. The number of carbonyl (C=O) groups is 1. The molecule has 1 aromatic rings. The molecule has 0 bridgehead atoms. The summed E-state index contributed by atoms with van der Waals surface area (Å²) in [5.74, 6) is 1.24. The summed E-state index contributed by atoms with van der Waals surface area (Å²) < 4.78 is 5.35. The third kappa shape index (κ3) is 2.38. The van der Waals surface area contributed by atoms with Gasteiger partial charge in [-0.05, 0) is 42.7 Å². The number of rotatable bonds is 3. The van der Waals surface area contributed by atoms with Crippen LogP contribution in [0.2, 0.25) is 0 Å². The number of methoxy groups -OCH3 is 1. The minimum atomic E-state index is 0.0509. The lowest BCUT2D eigenvalue weighted by Crippen LogP contribution is -2.43. The molecular weight excluding hydrogens is 278 g/mol. The second-order valence-electron chi connectivity index (χ2n) is 6.66. The highest BCUT2D eigenvalue weighted by Gasteiger charge is 2.50. The van der Waals surface area contributed by atoms with Gasteiger partial charge in [0.2, 0.25) is 0 Å². The molecule has 1 heterocycles. The van der Waals surface area contributed by atoms with Gasteiger partial charge in [0, 0.05) is 25.7 Å². The van der Waals surface area contributed by atoms with E-state index in [0.29, 0.717) is 28.3 Å². The van der Waals surface area contributed by atoms with Crippen molar-refractivity contribution >= 4 is 17.3 Å². The van der Waals surface area contributed by atoms with Gasteiger partial charge in [-0.15, -0.1) is 0 Å². The quantitative estimate of drug-likeness (QED) is 0.842. The zero-order valence-corrected chi connectivity index (χ0v) is 13.6. The summed E-state index contributed by atoms with van der Waals surface area (Å²) in [6.45, 7) is 3.96. The maximum Gasteiger partial charge on any atom is 0.254 e. The van der Waals surface area contributed by atoms with Crippen LogP contribution in [-0.2, 0) is 0 Å². The number of anilines is 2. The second kappa shape index (κ2) is 5.38. The first-order valence-electron chi connectivity index (χ1n) is 7.95. The zero-order valence-electron chi connectivity index (χ0n) is 13.6. The molecule has 0 aromatic heterocycles. The number of hydrogen-bond acceptors (Lipinski definition) is 4. The van der Waals surface area contributed by atoms with E-state index in [1.54, 1.807) is 26.3 Å². The van der Waals surface area contributed by atoms with E-state index in [9.17, 15) is 4.79 Å². The Labute approximate surface area is 131 Å². The number of nitrogens with one attached hydrogen (secondary N) is 1. The summed E-state index contributed by atoms with van der Waals surface area (Å²) in [5, 5.41) is 3.01. The van der Waals surface area contributed by atoms with Crippen molar-refractivity contribution in [2.75, 3.05) is 38.3 Å². The van der Waals surface area contributed by atoms with Crippen LogP contribution in [0.25, 0.3) is 0 Å². The van der Waals surface area contributed by atoms with Gasteiger partial charge >= 0.3 is 0 Å². The lowest BCUT2D eigenvalue weighted by atomic mass is 9.83. The van der Waals surface area contributed by atoms with Gasteiger partial charge in [-0.1, -0.05) is 6.92 Å². The predicted octanol–water partition coefficient (Wildman–Crippen LogP) is 2.58. The molecule has 0 radical (unpaired) electrons. The van der Waals surface area contributed by atoms with Crippen molar-refractivity contribution in [3.63, 3.8) is 0 Å². The van der Waals surface area contributed by atoms with E-state index >= 15 is 0 Å². The number of ether oxygens (including phenoxy) is 1. The van der Waals surface area contributed by atoms with E-state index in [1.807, 2.05) is 4.90 Å². The maximum absolute atomic E-state index is 12.8. The Balaban J connectivity index is 1.81. The highest BCUT2D eigenvalue weighted by Crippen LogP contribution is 2.56. The molecule has 1 aliphatic carbocycles. The first-order valence-corrected chi connectivity index (χ1v) is 7.95. The van der Waals surface area contributed by atoms with Crippen molar-refractivity contribution in [2.45, 2.75) is 26.2 Å². The lowest BCUT2D eigenvalue weighted by Gasteiger charge is -2.37. The summed E-state index contributed by atoms with van der Waals surface area (Å²) >= 11 is 0. The number of carbonyl (C=O) groups excluding carboxylic acids is 1. The highest BCUT2D eigenvalue weighted by atomic mass is 16.5. The molecule has 1 atom stereocenters. The van der Waals surface area contributed by atoms with Crippen molar-refractivity contribution in [3.8, 4) is 5.75 Å². The van der Waals surface area contributed by atoms with Crippen LogP contribution in [0.15, 0.2) is 12.1 Å². The Hall–Kier alpha value is -1.91. The maximum atomic E-state index is 12.8. The molecular formula is C17H25N3O2. The summed E-state index contributed by atoms with van der Waals surface area (Å²) in [5.41, 5.74) is 8.44. The zero-order chi connectivity index (χ0) is 15.9. The summed E-state index contributed by atoms with van der Waals surface area (Å²) in [7, 11) is 3.38. The SMILES string of the molecule is CNc1c(N)cc(C(=O)N2CCC3(CC3)C(C)C2)cc1OC. The van der Waals surface area contributed by atoms with Gasteiger partial charge in [-0.2, -0.15) is 0 Å². The average Bonchev–Trinajstić information content (AvgIpc) is 3.29. The summed E-state index contributed by atoms with van der Waals surface area (Å²) in [4.78, 5) is 14.8. The monoisotopic (exact) mass is 303 g/mol. The largest absolute Gasteiger partial charge is 0.494 e. The minimum Gasteiger partial charge on any atom is -0.494 e. The van der Waals surface area contributed by atoms with Crippen LogP contribution in [0.5, 0.6) is 5.75 Å². The van der Waals surface area contributed by atoms with Crippen LogP contribution < -0.4 is 15.8 Å². The van der Waals surface area contributed by atoms with E-state index in [-0.39, 0.29) is 5.91 Å². The predicted molar refractivity (Wildman–Crippen MR) is 88.3 cm³/mol. The molecule has 5 heteroatoms. The van der Waals surface area contributed by atoms with Crippen LogP contribution in [0, 0.1) is 11.3 Å². The molecule has 2 aliphatic rings. The van der Waals surface area contributed by atoms with Gasteiger partial charge in [-0.3, -0.25) is 4.79 Å². The topological polar surface area (TPSA) is 67.6 Å². The van der Waals surface area contributed by atoms with Crippen LogP contribution in [0.4, 0.5) is 11.4 Å². The van der Waals surface area contributed by atoms with Gasteiger partial charge in [0.15, 0.2) is 0 Å². The minimum absolute atomic E-state index is 0.0509. The first kappa shape index (κ1) is 15.0. The van der Waals surface area contributed by atoms with Gasteiger partial charge in [0.1, 0.15) is 5.75 Å². The lowest BCUT2D eigenvalue weighted by molar-refractivity contribution is 0.0584. The molecule has 22 heavy (non-hydrogen) atoms. The number of hydrogen-bond donors (Lipinski definition) is 2. The molecule has 1 amide bonds. The fraction of sp³-hybridized carbons (Fsp3) is 0.588. The van der Waals surface area contributed by atoms with Crippen molar-refractivity contribution in [1.29, 1.82) is 0 Å². The smallest absolute Gasteiger partial charge is 0.254 e. The average molecular weight is 303 g/mol. The van der Waals surface area contributed by atoms with Crippen LogP contribution in [0.3, 0.4) is 0 Å². The molecule has 1 saturated carbocycles. The standard InChI is InChI=1S/C17H25N3O2/c1-11-10-20(7-6-17(11)4-5-17)16(21)12-8-13(18)15(19-2)14(9-12)22-3/h8-9,11,19H,4-7,10,18H2,1-3H3. The molecule has 1 aliphatic heterocycles. The highest BCUT2D eigenvalue weighted by molar-refractivity contribution is 5.97. The number of amides is 1. The number of nitrogen functional groups attached to an aromatic ring is 1. The molecule has 1 saturated heterocycles. The number of piperidine rings is 1. The Morgan fingerprint density at radius 3 is 2.68 bits per heavy atom. The van der Waals surface area contributed by atoms with Crippen molar-refractivity contribution in [3.05, 3.63) is 17.7 Å². The molecule has 2 fully saturated rings. The number of benzene rings is 1. The molecule has 3 N–H and O–H groups in total. The number of likely N-dealkylation sites (tertiary alicyclic amines) is 1. The van der Waals surface area contributed by atoms with Gasteiger partial charge in [0.25, 0.3) is 5.91 Å².